The van der Waals surface area contributed by atoms with Crippen LogP contribution in [0.25, 0.3) is 5.57 Å². The number of hydrogen-bond donors (Lipinski definition) is 3. The van der Waals surface area contributed by atoms with Gasteiger partial charge >= 0.3 is 5.97 Å². The molecule has 0 aromatic heterocycles. The van der Waals surface area contributed by atoms with Crippen LogP contribution in [0.15, 0.2) is 42.5 Å². The first kappa shape index (κ1) is 38.8. The Hall–Kier alpha value is -2.45. The highest BCUT2D eigenvalue weighted by Crippen LogP contribution is 2.76. The summed E-state index contributed by atoms with van der Waals surface area (Å²) >= 11 is 0. The van der Waals surface area contributed by atoms with E-state index in [1.807, 2.05) is 12.1 Å². The molecule has 1 aromatic rings. The molecule has 0 radical (unpaired) electrons. The molecule has 1 heterocycles. The highest BCUT2D eigenvalue weighted by Gasteiger charge is 2.70. The van der Waals surface area contributed by atoms with Gasteiger partial charge in [0.2, 0.25) is 5.91 Å². The minimum Gasteiger partial charge on any atom is -0.478 e. The summed E-state index contributed by atoms with van der Waals surface area (Å²) in [5, 5.41) is 16.8. The van der Waals surface area contributed by atoms with Crippen molar-refractivity contribution < 1.29 is 23.1 Å². The summed E-state index contributed by atoms with van der Waals surface area (Å²) in [6, 6.07) is 6.90. The number of nitrogens with one attached hydrogen (secondary N) is 2. The summed E-state index contributed by atoms with van der Waals surface area (Å²) in [4.78, 5) is 26.0. The van der Waals surface area contributed by atoms with E-state index in [1.165, 1.54) is 36.8 Å². The number of sulfone groups is 1. The van der Waals surface area contributed by atoms with Gasteiger partial charge in [-0.15, -0.1) is 0 Å². The summed E-state index contributed by atoms with van der Waals surface area (Å²) < 4.78 is 24.6. The molecular formula is C45H66N2O5S. The van der Waals surface area contributed by atoms with Gasteiger partial charge in [0.15, 0.2) is 9.84 Å². The predicted octanol–water partition coefficient (Wildman–Crippen LogP) is 8.71. The maximum atomic E-state index is 14.4. The van der Waals surface area contributed by atoms with E-state index in [0.717, 1.165) is 37.7 Å². The van der Waals surface area contributed by atoms with Gasteiger partial charge in [0.25, 0.3) is 0 Å². The number of carbonyl (C=O) groups is 2. The van der Waals surface area contributed by atoms with Gasteiger partial charge in [-0.05, 0) is 152 Å². The zero-order valence-electron chi connectivity index (χ0n) is 33.7. The number of benzene rings is 1. The van der Waals surface area contributed by atoms with E-state index in [2.05, 4.69) is 78.7 Å². The molecule has 7 nitrogen and oxygen atoms in total. The van der Waals surface area contributed by atoms with Crippen LogP contribution in [-0.4, -0.2) is 54.5 Å². The quantitative estimate of drug-likeness (QED) is 0.230. The van der Waals surface area contributed by atoms with Crippen LogP contribution in [0.4, 0.5) is 0 Å². The average Bonchev–Trinajstić information content (AvgIpc) is 3.63. The third-order valence-corrected chi connectivity index (χ3v) is 18.8. The number of rotatable bonds is 8. The van der Waals surface area contributed by atoms with E-state index in [9.17, 15) is 23.1 Å². The highest BCUT2D eigenvalue weighted by molar-refractivity contribution is 7.91. The smallest absolute Gasteiger partial charge is 0.335 e. The Kier molecular flexibility index (Phi) is 9.57. The largest absolute Gasteiger partial charge is 0.478 e. The second-order valence-electron chi connectivity index (χ2n) is 20.2. The van der Waals surface area contributed by atoms with E-state index >= 15 is 0 Å². The first-order chi connectivity index (χ1) is 24.7. The summed E-state index contributed by atoms with van der Waals surface area (Å²) in [5.74, 6) is 1.83. The van der Waals surface area contributed by atoms with Crippen molar-refractivity contribution in [2.24, 2.45) is 57.2 Å². The molecular weight excluding hydrogens is 681 g/mol. The third kappa shape index (κ3) is 6.01. The van der Waals surface area contributed by atoms with Gasteiger partial charge in [-0.2, -0.15) is 0 Å². The first-order valence-electron chi connectivity index (χ1n) is 20.7. The van der Waals surface area contributed by atoms with Gasteiger partial charge in [-0.1, -0.05) is 78.8 Å². The molecule has 1 aliphatic heterocycles. The number of allylic oxidation sites excluding steroid dienone is 3. The number of aromatic carboxylic acids is 1. The Balaban J connectivity index is 1.18. The van der Waals surface area contributed by atoms with Gasteiger partial charge in [0.05, 0.1) is 23.1 Å². The summed E-state index contributed by atoms with van der Waals surface area (Å²) in [6.45, 7) is 23.6. The summed E-state index contributed by atoms with van der Waals surface area (Å²) in [5.41, 5.74) is 4.23. The maximum absolute atomic E-state index is 14.4. The number of fused-ring (bicyclic) bond motifs is 7. The lowest BCUT2D eigenvalue weighted by atomic mass is 9.33. The molecule has 7 rings (SSSR count). The van der Waals surface area contributed by atoms with Crippen LogP contribution in [-0.2, 0) is 14.6 Å². The van der Waals surface area contributed by atoms with Crippen LogP contribution >= 0.6 is 0 Å². The van der Waals surface area contributed by atoms with Crippen LogP contribution in [0.2, 0.25) is 0 Å². The number of carboxylic acid groups (broad SMARTS) is 1. The minimum absolute atomic E-state index is 0.0387. The Morgan fingerprint density at radius 2 is 1.58 bits per heavy atom. The van der Waals surface area contributed by atoms with Crippen LogP contribution < -0.4 is 10.6 Å². The van der Waals surface area contributed by atoms with Crippen molar-refractivity contribution in [3.05, 3.63) is 53.6 Å². The van der Waals surface area contributed by atoms with Gasteiger partial charge < -0.3 is 15.7 Å². The molecule has 0 bridgehead atoms. The lowest BCUT2D eigenvalue weighted by Crippen LogP contribution is -2.69. The number of hydrogen-bond acceptors (Lipinski definition) is 5. The molecule has 11 atom stereocenters. The van der Waals surface area contributed by atoms with Crippen molar-refractivity contribution in [1.82, 2.24) is 10.6 Å². The van der Waals surface area contributed by atoms with Crippen LogP contribution in [0.5, 0.6) is 0 Å². The Morgan fingerprint density at radius 3 is 2.19 bits per heavy atom. The Morgan fingerprint density at radius 1 is 0.887 bits per heavy atom. The van der Waals surface area contributed by atoms with Crippen molar-refractivity contribution in [1.29, 1.82) is 0 Å². The van der Waals surface area contributed by atoms with Crippen molar-refractivity contribution in [3.8, 4) is 0 Å². The van der Waals surface area contributed by atoms with E-state index in [-0.39, 0.29) is 56.6 Å². The fourth-order valence-electron chi connectivity index (χ4n) is 14.3. The molecule has 8 heteroatoms. The van der Waals surface area contributed by atoms with Gasteiger partial charge in [-0.25, -0.2) is 13.2 Å². The normalized spacial score (nSPS) is 41.6. The molecule has 11 unspecified atom stereocenters. The Labute approximate surface area is 319 Å². The van der Waals surface area contributed by atoms with E-state index < -0.39 is 21.8 Å². The van der Waals surface area contributed by atoms with Crippen molar-refractivity contribution in [2.75, 3.05) is 11.5 Å². The summed E-state index contributed by atoms with van der Waals surface area (Å²) in [7, 11) is -3.05. The molecule has 5 aliphatic carbocycles. The minimum atomic E-state index is -3.05. The van der Waals surface area contributed by atoms with Crippen LogP contribution in [0.3, 0.4) is 0 Å². The lowest BCUT2D eigenvalue weighted by Gasteiger charge is -2.72. The van der Waals surface area contributed by atoms with Crippen molar-refractivity contribution >= 4 is 27.3 Å². The topological polar surface area (TPSA) is 113 Å². The molecule has 53 heavy (non-hydrogen) atoms. The zero-order valence-corrected chi connectivity index (χ0v) is 34.5. The molecule has 0 spiro atoms. The van der Waals surface area contributed by atoms with Gasteiger partial charge in [0, 0.05) is 11.6 Å². The maximum Gasteiger partial charge on any atom is 0.335 e. The molecule has 1 amide bonds. The molecule has 6 aliphatic rings. The number of carbonyl (C=O) groups excluding carboxylic acids is 1. The molecule has 5 fully saturated rings. The second kappa shape index (κ2) is 13.1. The number of amides is 1. The number of carboxylic acids is 1. The molecule has 1 aromatic carbocycles. The Bertz CT molecular complexity index is 1800. The SMILES string of the molecule is C=C(C)C1CCC2(NC(=O)C(NC3CCS(=O)(=O)C3)C(C)C)CCC3(C)C(CCC4C5(C)CC=C(c6ccc(C(=O)O)cc6)C(C)(C)C5CCC43C)C12. The highest BCUT2D eigenvalue weighted by atomic mass is 32.2. The van der Waals surface area contributed by atoms with Crippen molar-refractivity contribution in [2.45, 2.75) is 137 Å². The van der Waals surface area contributed by atoms with Crippen molar-refractivity contribution in [3.63, 3.8) is 0 Å². The molecule has 292 valence electrons. The molecule has 3 N–H and O–H groups in total. The molecule has 1 saturated heterocycles. The summed E-state index contributed by atoms with van der Waals surface area (Å²) in [6.07, 6.45) is 13.0. The van der Waals surface area contributed by atoms with Crippen LogP contribution in [0.1, 0.15) is 136 Å². The van der Waals surface area contributed by atoms with E-state index in [0.29, 0.717) is 41.6 Å². The zero-order chi connectivity index (χ0) is 38.5. The first-order valence-corrected chi connectivity index (χ1v) is 22.5. The third-order valence-electron chi connectivity index (χ3n) is 17.1. The fraction of sp³-hybridized carbons (Fsp3) is 0.733. The second-order valence-corrected chi connectivity index (χ2v) is 22.5. The van der Waals surface area contributed by atoms with E-state index in [1.54, 1.807) is 12.1 Å². The van der Waals surface area contributed by atoms with Gasteiger partial charge in [0.1, 0.15) is 0 Å². The fourth-order valence-corrected chi connectivity index (χ4v) is 16.0. The van der Waals surface area contributed by atoms with Gasteiger partial charge in [-0.3, -0.25) is 4.79 Å². The monoisotopic (exact) mass is 746 g/mol. The average molecular weight is 747 g/mol. The molecule has 4 saturated carbocycles. The predicted molar refractivity (Wildman–Crippen MR) is 213 cm³/mol. The van der Waals surface area contributed by atoms with E-state index in [4.69, 9.17) is 0 Å². The lowest BCUT2D eigenvalue weighted by molar-refractivity contribution is -0.219. The van der Waals surface area contributed by atoms with Crippen LogP contribution in [0, 0.1) is 57.2 Å². The standard InChI is InChI=1S/C45H66N2O5S/c1-27(2)32-16-22-45(47-39(48)38(28(3)4)46-31-19-25-53(51,52)26-31)24-23-43(8)34(37(32)45)14-15-36-42(7)20-17-33(29-10-12-30(13-11-29)40(49)50)41(5,6)35(42)18-21-44(36,43)9/h10-13,17,28,31-32,34-38,46H,1,14-16,18-26H2,2-9H3,(H,47,48)(H,49,50).